The van der Waals surface area contributed by atoms with Gasteiger partial charge in [0, 0.05) is 27.5 Å². The van der Waals surface area contributed by atoms with Gasteiger partial charge in [0.15, 0.2) is 17.5 Å². The fourth-order valence-electron chi connectivity index (χ4n) is 7.12. The Morgan fingerprint density at radius 3 is 1.63 bits per heavy atom. The van der Waals surface area contributed by atoms with Crippen molar-refractivity contribution < 1.29 is 4.42 Å². The van der Waals surface area contributed by atoms with Crippen LogP contribution in [0.15, 0.2) is 180 Å². The summed E-state index contributed by atoms with van der Waals surface area (Å²) in [5.74, 6) is 1.84. The minimum Gasteiger partial charge on any atom is -0.456 e. The Kier molecular flexibility index (Phi) is 6.78. The summed E-state index contributed by atoms with van der Waals surface area (Å²) in [6.07, 6.45) is 0. The highest BCUT2D eigenvalue weighted by Gasteiger charge is 2.18. The number of benzene rings is 8. The van der Waals surface area contributed by atoms with E-state index in [2.05, 4.69) is 115 Å². The normalized spacial score (nSPS) is 11.5. The van der Waals surface area contributed by atoms with E-state index >= 15 is 0 Å². The second kappa shape index (κ2) is 11.9. The van der Waals surface area contributed by atoms with Crippen molar-refractivity contribution in [3.05, 3.63) is 176 Å². The number of aromatic nitrogens is 3. The Morgan fingerprint density at radius 1 is 0.314 bits per heavy atom. The van der Waals surface area contributed by atoms with Crippen molar-refractivity contribution in [3.63, 3.8) is 0 Å². The summed E-state index contributed by atoms with van der Waals surface area (Å²) in [6, 6.07) is 61.3. The quantitative estimate of drug-likeness (QED) is 0.186. The van der Waals surface area contributed by atoms with Gasteiger partial charge in [-0.1, -0.05) is 140 Å². The maximum Gasteiger partial charge on any atom is 0.164 e. The lowest BCUT2D eigenvalue weighted by atomic mass is 9.96. The summed E-state index contributed by atoms with van der Waals surface area (Å²) >= 11 is 0. The molecule has 0 bridgehead atoms. The number of rotatable bonds is 5. The third-order valence-corrected chi connectivity index (χ3v) is 9.69. The van der Waals surface area contributed by atoms with Crippen LogP contribution in [0.1, 0.15) is 0 Å². The largest absolute Gasteiger partial charge is 0.456 e. The zero-order valence-electron chi connectivity index (χ0n) is 27.5. The smallest absolute Gasteiger partial charge is 0.164 e. The molecule has 0 saturated carbocycles. The van der Waals surface area contributed by atoms with Crippen molar-refractivity contribution in [2.24, 2.45) is 0 Å². The molecule has 10 rings (SSSR count). The highest BCUT2D eigenvalue weighted by atomic mass is 16.3. The van der Waals surface area contributed by atoms with Gasteiger partial charge in [0.2, 0.25) is 0 Å². The van der Waals surface area contributed by atoms with Gasteiger partial charge in [0.25, 0.3) is 0 Å². The predicted octanol–water partition coefficient (Wildman–Crippen LogP) is 12.4. The van der Waals surface area contributed by atoms with E-state index in [0.29, 0.717) is 17.5 Å². The SMILES string of the molecule is c1ccc(-c2nc(-c3cccc(-c4ccc5ccc(-c6ccc7ccccc7c6)cc5c4)c3)nc(-c3cccc4oc5ccccc5c34)n2)cc1. The van der Waals surface area contributed by atoms with E-state index in [4.69, 9.17) is 19.4 Å². The van der Waals surface area contributed by atoms with Gasteiger partial charge >= 0.3 is 0 Å². The first-order valence-electron chi connectivity index (χ1n) is 17.1. The number of hydrogen-bond donors (Lipinski definition) is 0. The molecular formula is C47H29N3O. The lowest BCUT2D eigenvalue weighted by Crippen LogP contribution is -2.00. The molecule has 0 fully saturated rings. The van der Waals surface area contributed by atoms with Gasteiger partial charge in [-0.2, -0.15) is 0 Å². The molecule has 0 atom stereocenters. The van der Waals surface area contributed by atoms with Crippen molar-refractivity contribution in [2.45, 2.75) is 0 Å². The molecule has 0 saturated heterocycles. The van der Waals surface area contributed by atoms with Crippen molar-refractivity contribution in [1.82, 2.24) is 15.0 Å². The Bertz CT molecular complexity index is 2930. The molecule has 0 spiro atoms. The third kappa shape index (κ3) is 5.22. The molecule has 0 unspecified atom stereocenters. The molecule has 0 N–H and O–H groups in total. The molecule has 238 valence electrons. The molecule has 0 aliphatic heterocycles. The van der Waals surface area contributed by atoms with E-state index in [9.17, 15) is 0 Å². The zero-order valence-corrected chi connectivity index (χ0v) is 27.5. The van der Waals surface area contributed by atoms with Crippen LogP contribution in [0.2, 0.25) is 0 Å². The molecule has 2 heterocycles. The second-order valence-corrected chi connectivity index (χ2v) is 12.9. The Hall–Kier alpha value is -6.91. The summed E-state index contributed by atoms with van der Waals surface area (Å²) < 4.78 is 6.22. The van der Waals surface area contributed by atoms with Crippen LogP contribution in [0, 0.1) is 0 Å². The highest BCUT2D eigenvalue weighted by molar-refractivity contribution is 6.11. The van der Waals surface area contributed by atoms with Crippen LogP contribution in [0.25, 0.3) is 99.9 Å². The summed E-state index contributed by atoms with van der Waals surface area (Å²) in [5, 5.41) is 6.92. The average Bonchev–Trinajstić information content (AvgIpc) is 3.59. The van der Waals surface area contributed by atoms with Crippen molar-refractivity contribution >= 4 is 43.5 Å². The van der Waals surface area contributed by atoms with Crippen molar-refractivity contribution in [3.8, 4) is 56.4 Å². The van der Waals surface area contributed by atoms with Gasteiger partial charge in [-0.05, 0) is 80.2 Å². The summed E-state index contributed by atoms with van der Waals surface area (Å²) in [4.78, 5) is 15.2. The summed E-state index contributed by atoms with van der Waals surface area (Å²) in [5.41, 5.74) is 9.04. The van der Waals surface area contributed by atoms with E-state index in [0.717, 1.165) is 49.8 Å². The lowest BCUT2D eigenvalue weighted by molar-refractivity contribution is 0.669. The van der Waals surface area contributed by atoms with E-state index < -0.39 is 0 Å². The fraction of sp³-hybridized carbons (Fsp3) is 0. The molecule has 0 aliphatic carbocycles. The van der Waals surface area contributed by atoms with Gasteiger partial charge < -0.3 is 4.42 Å². The number of hydrogen-bond acceptors (Lipinski definition) is 4. The molecule has 4 heteroatoms. The molecule has 0 radical (unpaired) electrons. The summed E-state index contributed by atoms with van der Waals surface area (Å²) in [6.45, 7) is 0. The van der Waals surface area contributed by atoms with Crippen LogP contribution >= 0.6 is 0 Å². The Morgan fingerprint density at radius 2 is 0.843 bits per heavy atom. The molecule has 2 aromatic heterocycles. The van der Waals surface area contributed by atoms with Crippen LogP contribution in [0.3, 0.4) is 0 Å². The third-order valence-electron chi connectivity index (χ3n) is 9.69. The van der Waals surface area contributed by atoms with Crippen LogP contribution in [0.4, 0.5) is 0 Å². The summed E-state index contributed by atoms with van der Waals surface area (Å²) in [7, 11) is 0. The van der Waals surface area contributed by atoms with Crippen molar-refractivity contribution in [2.75, 3.05) is 0 Å². The first kappa shape index (κ1) is 29.0. The van der Waals surface area contributed by atoms with Crippen molar-refractivity contribution in [1.29, 1.82) is 0 Å². The Labute approximate surface area is 294 Å². The van der Waals surface area contributed by atoms with Crippen LogP contribution in [-0.4, -0.2) is 15.0 Å². The molecule has 10 aromatic rings. The number of fused-ring (bicyclic) bond motifs is 5. The second-order valence-electron chi connectivity index (χ2n) is 12.9. The van der Waals surface area contributed by atoms with Gasteiger partial charge in [-0.15, -0.1) is 0 Å². The maximum atomic E-state index is 6.22. The molecular weight excluding hydrogens is 623 g/mol. The van der Waals surface area contributed by atoms with Gasteiger partial charge in [0.05, 0.1) is 0 Å². The standard InChI is InChI=1S/C47H29N3O/c1-2-11-32(12-3-1)45-48-46(50-47(49-45)41-17-9-19-43-44(41)40-16-6-7-18-42(40)51-43)38-15-8-14-34(27-38)36-24-21-31-22-25-37(29-39(31)28-36)35-23-20-30-10-4-5-13-33(30)26-35/h1-29H. The molecule has 0 amide bonds. The zero-order chi connectivity index (χ0) is 33.7. The molecule has 51 heavy (non-hydrogen) atoms. The van der Waals surface area contributed by atoms with Crippen LogP contribution in [-0.2, 0) is 0 Å². The van der Waals surface area contributed by atoms with Crippen LogP contribution in [0.5, 0.6) is 0 Å². The molecule has 0 aliphatic rings. The van der Waals surface area contributed by atoms with Gasteiger partial charge in [-0.3, -0.25) is 0 Å². The topological polar surface area (TPSA) is 51.8 Å². The number of para-hydroxylation sites is 1. The van der Waals surface area contributed by atoms with Gasteiger partial charge in [-0.25, -0.2) is 15.0 Å². The average molecular weight is 652 g/mol. The highest BCUT2D eigenvalue weighted by Crippen LogP contribution is 2.37. The minimum absolute atomic E-state index is 0.605. The Balaban J connectivity index is 1.09. The van der Waals surface area contributed by atoms with E-state index in [1.807, 2.05) is 60.7 Å². The minimum atomic E-state index is 0.605. The predicted molar refractivity (Wildman–Crippen MR) is 209 cm³/mol. The van der Waals surface area contributed by atoms with Gasteiger partial charge in [0.1, 0.15) is 11.2 Å². The van der Waals surface area contributed by atoms with E-state index in [-0.39, 0.29) is 0 Å². The molecule has 8 aromatic carbocycles. The molecule has 4 nitrogen and oxygen atoms in total. The first-order chi connectivity index (χ1) is 25.2. The fourth-order valence-corrected chi connectivity index (χ4v) is 7.12. The maximum absolute atomic E-state index is 6.22. The number of furan rings is 1. The van der Waals surface area contributed by atoms with E-state index in [1.54, 1.807) is 0 Å². The van der Waals surface area contributed by atoms with E-state index in [1.165, 1.54) is 32.7 Å². The number of nitrogens with zero attached hydrogens (tertiary/aromatic N) is 3. The first-order valence-corrected chi connectivity index (χ1v) is 17.1. The van der Waals surface area contributed by atoms with Crippen LogP contribution < -0.4 is 0 Å². The lowest BCUT2D eigenvalue weighted by Gasteiger charge is -2.11. The monoisotopic (exact) mass is 651 g/mol.